The predicted octanol–water partition coefficient (Wildman–Crippen LogP) is 0.353. The first-order chi connectivity index (χ1) is 4.75. The van der Waals surface area contributed by atoms with Crippen LogP contribution in [0.15, 0.2) is 24.9 Å². The summed E-state index contributed by atoms with van der Waals surface area (Å²) in [7, 11) is 1.96. The molecule has 0 saturated carbocycles. The van der Waals surface area contributed by atoms with E-state index < -0.39 is 0 Å². The van der Waals surface area contributed by atoms with Gasteiger partial charge >= 0.3 is 0 Å². The minimum atomic E-state index is 0.938. The summed E-state index contributed by atoms with van der Waals surface area (Å²) < 4.78 is 0. The topological polar surface area (TPSA) is 18.5 Å². The Bertz CT molecular complexity index is 153. The molecular weight excluding hydrogens is 126 g/mol. The minimum absolute atomic E-state index is 0.938. The zero-order chi connectivity index (χ0) is 7.56. The summed E-state index contributed by atoms with van der Waals surface area (Å²) in [5, 5.41) is 3.96. The van der Waals surface area contributed by atoms with Crippen LogP contribution in [0.25, 0.3) is 0 Å². The van der Waals surface area contributed by atoms with Gasteiger partial charge in [-0.25, -0.2) is 5.43 Å². The quantitative estimate of drug-likeness (QED) is 0.557. The zero-order valence-electron chi connectivity index (χ0n) is 6.30. The Hall–Kier alpha value is -0.800. The van der Waals surface area contributed by atoms with Gasteiger partial charge in [-0.2, -0.15) is 5.12 Å². The van der Waals surface area contributed by atoms with Crippen LogP contribution < -0.4 is 5.43 Å². The standard InChI is InChI=1S/C7H13N3/c1-4-7(2)10-6-5-8-9(10)3/h4,8H,1-2,5-6H2,3H3. The number of hydrogen-bond donors (Lipinski definition) is 1. The maximum absolute atomic E-state index is 3.83. The third-order valence-corrected chi connectivity index (χ3v) is 1.59. The van der Waals surface area contributed by atoms with Gasteiger partial charge in [-0.3, -0.25) is 5.01 Å². The largest absolute Gasteiger partial charge is 0.292 e. The molecule has 1 fully saturated rings. The second-order valence-electron chi connectivity index (χ2n) is 2.25. The molecule has 1 N–H and O–H groups in total. The lowest BCUT2D eigenvalue weighted by Gasteiger charge is -2.24. The van der Waals surface area contributed by atoms with E-state index in [4.69, 9.17) is 0 Å². The summed E-state index contributed by atoms with van der Waals surface area (Å²) in [5.74, 6) is 0. The average Bonchev–Trinajstić information content (AvgIpc) is 2.34. The molecular formula is C7H13N3. The fourth-order valence-electron chi connectivity index (χ4n) is 0.995. The second kappa shape index (κ2) is 2.86. The van der Waals surface area contributed by atoms with Gasteiger partial charge in [0.1, 0.15) is 0 Å². The molecule has 3 heteroatoms. The Morgan fingerprint density at radius 2 is 2.40 bits per heavy atom. The van der Waals surface area contributed by atoms with Crippen molar-refractivity contribution in [3.05, 3.63) is 24.9 Å². The molecule has 0 aliphatic carbocycles. The van der Waals surface area contributed by atoms with Crippen LogP contribution in [0.3, 0.4) is 0 Å². The molecule has 0 aromatic carbocycles. The molecule has 3 nitrogen and oxygen atoms in total. The van der Waals surface area contributed by atoms with E-state index in [9.17, 15) is 0 Å². The Labute approximate surface area is 61.6 Å². The number of hydrogen-bond acceptors (Lipinski definition) is 3. The smallest absolute Gasteiger partial charge is 0.0500 e. The van der Waals surface area contributed by atoms with E-state index in [1.165, 1.54) is 0 Å². The molecule has 0 aromatic rings. The molecule has 0 bridgehead atoms. The lowest BCUT2D eigenvalue weighted by Crippen LogP contribution is -2.36. The lowest BCUT2D eigenvalue weighted by atomic mass is 10.4. The van der Waals surface area contributed by atoms with Gasteiger partial charge in [-0.1, -0.05) is 13.2 Å². The van der Waals surface area contributed by atoms with Gasteiger partial charge in [0, 0.05) is 25.8 Å². The molecule has 0 aromatic heterocycles. The van der Waals surface area contributed by atoms with Gasteiger partial charge in [-0.05, 0) is 6.08 Å². The Morgan fingerprint density at radius 3 is 2.80 bits per heavy atom. The van der Waals surface area contributed by atoms with Gasteiger partial charge in [0.15, 0.2) is 0 Å². The third kappa shape index (κ3) is 1.20. The van der Waals surface area contributed by atoms with E-state index in [-0.39, 0.29) is 0 Å². The molecule has 0 unspecified atom stereocenters. The van der Waals surface area contributed by atoms with Crippen LogP contribution in [0.4, 0.5) is 0 Å². The van der Waals surface area contributed by atoms with Gasteiger partial charge in [0.2, 0.25) is 0 Å². The lowest BCUT2D eigenvalue weighted by molar-refractivity contribution is 0.0588. The maximum atomic E-state index is 3.83. The Morgan fingerprint density at radius 1 is 1.70 bits per heavy atom. The van der Waals surface area contributed by atoms with E-state index in [1.807, 2.05) is 17.2 Å². The van der Waals surface area contributed by atoms with E-state index in [2.05, 4.69) is 18.6 Å². The highest BCUT2D eigenvalue weighted by Crippen LogP contribution is 2.06. The normalized spacial score (nSPS) is 19.5. The van der Waals surface area contributed by atoms with E-state index >= 15 is 0 Å². The van der Waals surface area contributed by atoms with E-state index in [0.29, 0.717) is 0 Å². The second-order valence-corrected chi connectivity index (χ2v) is 2.25. The first-order valence-corrected chi connectivity index (χ1v) is 3.31. The molecule has 0 spiro atoms. The van der Waals surface area contributed by atoms with Crippen LogP contribution in [0.2, 0.25) is 0 Å². The molecule has 1 aliphatic heterocycles. The zero-order valence-corrected chi connectivity index (χ0v) is 6.30. The Balaban J connectivity index is 2.54. The summed E-state index contributed by atoms with van der Waals surface area (Å²) in [6.07, 6.45) is 1.75. The van der Waals surface area contributed by atoms with Gasteiger partial charge < -0.3 is 0 Å². The van der Waals surface area contributed by atoms with E-state index in [0.717, 1.165) is 18.8 Å². The van der Waals surface area contributed by atoms with Crippen LogP contribution in [0, 0.1) is 0 Å². The van der Waals surface area contributed by atoms with Crippen molar-refractivity contribution in [3.8, 4) is 0 Å². The van der Waals surface area contributed by atoms with Crippen molar-refractivity contribution < 1.29 is 0 Å². The summed E-state index contributed by atoms with van der Waals surface area (Å²) >= 11 is 0. The van der Waals surface area contributed by atoms with Crippen molar-refractivity contribution >= 4 is 0 Å². The molecule has 1 saturated heterocycles. The first-order valence-electron chi connectivity index (χ1n) is 3.31. The summed E-state index contributed by atoms with van der Waals surface area (Å²) in [6, 6.07) is 0. The highest BCUT2D eigenvalue weighted by molar-refractivity contribution is 5.09. The van der Waals surface area contributed by atoms with Crippen LogP contribution in [-0.2, 0) is 0 Å². The average molecular weight is 139 g/mol. The fourth-order valence-corrected chi connectivity index (χ4v) is 0.995. The van der Waals surface area contributed by atoms with Crippen LogP contribution in [0.5, 0.6) is 0 Å². The van der Waals surface area contributed by atoms with Crippen molar-refractivity contribution in [2.45, 2.75) is 0 Å². The molecule has 10 heavy (non-hydrogen) atoms. The summed E-state index contributed by atoms with van der Waals surface area (Å²) in [6.45, 7) is 9.42. The minimum Gasteiger partial charge on any atom is -0.292 e. The third-order valence-electron chi connectivity index (χ3n) is 1.59. The highest BCUT2D eigenvalue weighted by Gasteiger charge is 2.16. The number of nitrogens with one attached hydrogen (secondary N) is 1. The van der Waals surface area contributed by atoms with Crippen LogP contribution >= 0.6 is 0 Å². The first kappa shape index (κ1) is 7.31. The summed E-state index contributed by atoms with van der Waals surface area (Å²) in [5.41, 5.74) is 4.07. The van der Waals surface area contributed by atoms with Crippen molar-refractivity contribution in [2.75, 3.05) is 20.1 Å². The number of hydrazine groups is 2. The number of nitrogens with zero attached hydrogens (tertiary/aromatic N) is 2. The molecule has 0 radical (unpaired) electrons. The SMILES string of the molecule is C=CC(=C)N1CCNN1C. The van der Waals surface area contributed by atoms with Crippen molar-refractivity contribution in [1.29, 1.82) is 0 Å². The van der Waals surface area contributed by atoms with E-state index in [1.54, 1.807) is 6.08 Å². The monoisotopic (exact) mass is 139 g/mol. The predicted molar refractivity (Wildman–Crippen MR) is 41.8 cm³/mol. The molecule has 1 aliphatic rings. The number of rotatable bonds is 2. The van der Waals surface area contributed by atoms with Crippen LogP contribution in [0.1, 0.15) is 0 Å². The fraction of sp³-hybridized carbons (Fsp3) is 0.429. The molecule has 1 rings (SSSR count). The number of allylic oxidation sites excluding steroid dienone is 1. The van der Waals surface area contributed by atoms with Crippen molar-refractivity contribution in [2.24, 2.45) is 0 Å². The summed E-state index contributed by atoms with van der Waals surface area (Å²) in [4.78, 5) is 0. The van der Waals surface area contributed by atoms with Gasteiger partial charge in [-0.15, -0.1) is 0 Å². The molecule has 1 heterocycles. The molecule has 0 amide bonds. The van der Waals surface area contributed by atoms with Crippen molar-refractivity contribution in [1.82, 2.24) is 15.6 Å². The van der Waals surface area contributed by atoms with Crippen LogP contribution in [-0.4, -0.2) is 30.3 Å². The van der Waals surface area contributed by atoms with Crippen molar-refractivity contribution in [3.63, 3.8) is 0 Å². The molecule has 56 valence electrons. The van der Waals surface area contributed by atoms with Gasteiger partial charge in [0.25, 0.3) is 0 Å². The Kier molecular flexibility index (Phi) is 2.09. The van der Waals surface area contributed by atoms with Gasteiger partial charge in [0.05, 0.1) is 0 Å². The molecule has 0 atom stereocenters. The maximum Gasteiger partial charge on any atom is 0.0500 e. The highest BCUT2D eigenvalue weighted by atomic mass is 15.8.